The number of amides is 2. The van der Waals surface area contributed by atoms with Crippen molar-refractivity contribution in [3.63, 3.8) is 0 Å². The van der Waals surface area contributed by atoms with E-state index in [1.165, 1.54) is 33.5 Å². The van der Waals surface area contributed by atoms with Crippen molar-refractivity contribution in [2.45, 2.75) is 43.0 Å². The number of Topliss-reactive ketones (excluding diaryl/α,β-unsaturated/α-hetero) is 1. The Kier molecular flexibility index (Phi) is 7.80. The quantitative estimate of drug-likeness (QED) is 0.290. The second kappa shape index (κ2) is 11.0. The van der Waals surface area contributed by atoms with E-state index in [0.717, 1.165) is 19.3 Å². The Hall–Kier alpha value is -3.54. The molecule has 2 saturated heterocycles. The van der Waals surface area contributed by atoms with E-state index in [1.54, 1.807) is 29.2 Å². The predicted octanol–water partition coefficient (Wildman–Crippen LogP) is 2.76. The van der Waals surface area contributed by atoms with Gasteiger partial charge in [0.1, 0.15) is 5.76 Å². The largest absolute Gasteiger partial charge is 0.507 e. The first-order chi connectivity index (χ1) is 19.6. The van der Waals surface area contributed by atoms with Gasteiger partial charge in [-0.2, -0.15) is 4.31 Å². The Labute approximate surface area is 240 Å². The molecule has 2 amide bonds. The summed E-state index contributed by atoms with van der Waals surface area (Å²) >= 11 is 0. The highest BCUT2D eigenvalue weighted by molar-refractivity contribution is 7.89. The van der Waals surface area contributed by atoms with E-state index >= 15 is 0 Å². The zero-order valence-electron chi connectivity index (χ0n) is 23.7. The lowest BCUT2D eigenvalue weighted by Gasteiger charge is -2.35. The molecule has 2 aromatic rings. The molecule has 0 aliphatic carbocycles. The number of aliphatic hydroxyl groups is 1. The molecule has 41 heavy (non-hydrogen) atoms. The number of benzene rings is 2. The molecule has 0 unspecified atom stereocenters. The van der Waals surface area contributed by atoms with Gasteiger partial charge in [0, 0.05) is 43.9 Å². The van der Waals surface area contributed by atoms with Gasteiger partial charge in [-0.3, -0.25) is 14.4 Å². The van der Waals surface area contributed by atoms with Crippen LogP contribution in [0.2, 0.25) is 0 Å². The Morgan fingerprint density at radius 3 is 2.24 bits per heavy atom. The Morgan fingerprint density at radius 1 is 0.951 bits per heavy atom. The van der Waals surface area contributed by atoms with Crippen LogP contribution in [0.3, 0.4) is 0 Å². The van der Waals surface area contributed by atoms with Gasteiger partial charge in [-0.05, 0) is 63.7 Å². The topological polar surface area (TPSA) is 119 Å². The van der Waals surface area contributed by atoms with Crippen molar-refractivity contribution in [1.82, 2.24) is 14.1 Å². The van der Waals surface area contributed by atoms with E-state index in [1.807, 2.05) is 25.9 Å². The second-order valence-corrected chi connectivity index (χ2v) is 12.9. The zero-order chi connectivity index (χ0) is 29.5. The van der Waals surface area contributed by atoms with Crippen molar-refractivity contribution in [3.8, 4) is 0 Å². The average Bonchev–Trinajstić information content (AvgIpc) is 3.35. The van der Waals surface area contributed by atoms with Crippen LogP contribution in [0.1, 0.15) is 43.7 Å². The monoisotopic (exact) mass is 580 g/mol. The molecular weight excluding hydrogens is 544 g/mol. The zero-order valence-corrected chi connectivity index (χ0v) is 24.5. The minimum Gasteiger partial charge on any atom is -0.507 e. The number of carbonyl (C=O) groups is 3. The Balaban J connectivity index is 1.67. The molecule has 3 heterocycles. The molecular formula is C30H36N4O6S. The third-order valence-corrected chi connectivity index (χ3v) is 10.0. The summed E-state index contributed by atoms with van der Waals surface area (Å²) < 4.78 is 27.8. The normalized spacial score (nSPS) is 22.8. The molecule has 5 rings (SSSR count). The van der Waals surface area contributed by atoms with Gasteiger partial charge >= 0.3 is 0 Å². The van der Waals surface area contributed by atoms with Crippen molar-refractivity contribution < 1.29 is 27.9 Å². The van der Waals surface area contributed by atoms with Gasteiger partial charge in [0.25, 0.3) is 17.6 Å². The van der Waals surface area contributed by atoms with Crippen molar-refractivity contribution in [3.05, 3.63) is 65.2 Å². The maximum Gasteiger partial charge on any atom is 0.296 e. The van der Waals surface area contributed by atoms with Crippen LogP contribution < -0.4 is 4.90 Å². The number of hydrogen-bond donors (Lipinski definition) is 1. The molecule has 2 aromatic carbocycles. The van der Waals surface area contributed by atoms with Gasteiger partial charge in [0.2, 0.25) is 10.0 Å². The Bertz CT molecular complexity index is 1510. The maximum atomic E-state index is 14.4. The van der Waals surface area contributed by atoms with Crippen LogP contribution in [0.4, 0.5) is 5.69 Å². The number of carbonyl (C=O) groups excluding carboxylic acids is 3. The van der Waals surface area contributed by atoms with Gasteiger partial charge in [-0.1, -0.05) is 31.5 Å². The van der Waals surface area contributed by atoms with Crippen LogP contribution in [0.25, 0.3) is 5.76 Å². The van der Waals surface area contributed by atoms with Gasteiger partial charge in [-0.25, -0.2) is 8.42 Å². The number of piperidine rings is 1. The molecule has 10 nitrogen and oxygen atoms in total. The van der Waals surface area contributed by atoms with Crippen LogP contribution >= 0.6 is 0 Å². The fourth-order valence-electron chi connectivity index (χ4n) is 6.10. The Morgan fingerprint density at radius 2 is 1.61 bits per heavy atom. The highest BCUT2D eigenvalue weighted by Gasteiger charge is 2.66. The summed E-state index contributed by atoms with van der Waals surface area (Å²) in [6.45, 7) is 3.69. The number of likely N-dealkylation sites (tertiary alicyclic amines) is 1. The highest BCUT2D eigenvalue weighted by Crippen LogP contribution is 2.53. The number of rotatable bonds is 8. The fraction of sp³-hybridized carbons (Fsp3) is 0.433. The summed E-state index contributed by atoms with van der Waals surface area (Å²) in [5.74, 6) is -2.80. The molecule has 218 valence electrons. The molecule has 1 atom stereocenters. The number of aliphatic hydroxyl groups excluding tert-OH is 1. The SMILES string of the molecule is CCCN1C(=O)[C@@]2(C(=C(O)c3ccc(S(=O)(=O)N4CCCCC4)cc3)C(=O)C(=O)N2CCN(C)C)c2ccccc21. The van der Waals surface area contributed by atoms with Crippen molar-refractivity contribution in [1.29, 1.82) is 0 Å². The maximum absolute atomic E-state index is 14.4. The molecule has 0 aromatic heterocycles. The van der Waals surface area contributed by atoms with Crippen molar-refractivity contribution >= 4 is 39.1 Å². The molecule has 0 saturated carbocycles. The van der Waals surface area contributed by atoms with Gasteiger partial charge in [-0.15, -0.1) is 0 Å². The second-order valence-electron chi connectivity index (χ2n) is 11.0. The highest BCUT2D eigenvalue weighted by atomic mass is 32.2. The summed E-state index contributed by atoms with van der Waals surface area (Å²) in [6, 6.07) is 12.7. The molecule has 3 aliphatic heterocycles. The van der Waals surface area contributed by atoms with E-state index < -0.39 is 38.9 Å². The lowest BCUT2D eigenvalue weighted by Crippen LogP contribution is -2.53. The van der Waals surface area contributed by atoms with Crippen LogP contribution in [0.15, 0.2) is 59.0 Å². The summed E-state index contributed by atoms with van der Waals surface area (Å²) in [6.07, 6.45) is 3.24. The minimum absolute atomic E-state index is 0.0773. The number of anilines is 1. The van der Waals surface area contributed by atoms with Gasteiger partial charge < -0.3 is 19.8 Å². The fourth-order valence-corrected chi connectivity index (χ4v) is 7.61. The van der Waals surface area contributed by atoms with E-state index in [4.69, 9.17) is 0 Å². The van der Waals surface area contributed by atoms with Crippen molar-refractivity contribution in [2.75, 3.05) is 51.7 Å². The smallest absolute Gasteiger partial charge is 0.296 e. The molecule has 1 spiro atoms. The number of likely N-dealkylation sites (N-methyl/N-ethyl adjacent to an activating group) is 1. The van der Waals surface area contributed by atoms with Crippen molar-refractivity contribution in [2.24, 2.45) is 0 Å². The molecule has 0 bridgehead atoms. The molecule has 0 radical (unpaired) electrons. The van der Waals surface area contributed by atoms with Gasteiger partial charge in [0.15, 0.2) is 5.54 Å². The van der Waals surface area contributed by atoms with Crippen LogP contribution in [-0.4, -0.2) is 92.0 Å². The summed E-state index contributed by atoms with van der Waals surface area (Å²) in [4.78, 5) is 46.4. The molecule has 2 fully saturated rings. The number of fused-ring (bicyclic) bond motifs is 2. The number of para-hydroxylation sites is 1. The predicted molar refractivity (Wildman–Crippen MR) is 155 cm³/mol. The average molecular weight is 581 g/mol. The molecule has 3 aliphatic rings. The summed E-state index contributed by atoms with van der Waals surface area (Å²) in [7, 11) is -0.0511. The molecule has 1 N–H and O–H groups in total. The first-order valence-corrected chi connectivity index (χ1v) is 15.5. The number of nitrogens with zero attached hydrogens (tertiary/aromatic N) is 4. The number of hydrogen-bond acceptors (Lipinski definition) is 7. The summed E-state index contributed by atoms with van der Waals surface area (Å²) in [5.41, 5.74) is -0.943. The summed E-state index contributed by atoms with van der Waals surface area (Å²) in [5, 5.41) is 11.7. The van der Waals surface area contributed by atoms with E-state index in [2.05, 4.69) is 0 Å². The first kappa shape index (κ1) is 29.0. The number of ketones is 1. The van der Waals surface area contributed by atoms with Crippen LogP contribution in [0, 0.1) is 0 Å². The third kappa shape index (κ3) is 4.56. The number of sulfonamides is 1. The van der Waals surface area contributed by atoms with E-state index in [0.29, 0.717) is 43.9 Å². The standard InChI is InChI=1S/C30H36N4O6S/c1-4-16-33-24-11-7-6-10-23(24)30(29(33)38)25(27(36)28(37)34(30)20-19-31(2)3)26(35)21-12-14-22(15-13-21)41(39,40)32-17-8-5-9-18-32/h6-7,10-15,35H,4-5,8-9,16-20H2,1-3H3/t30-/m0/s1. The lowest BCUT2D eigenvalue weighted by molar-refractivity contribution is -0.143. The van der Waals surface area contributed by atoms with Gasteiger partial charge in [0.05, 0.1) is 16.2 Å². The third-order valence-electron chi connectivity index (χ3n) is 8.11. The van der Waals surface area contributed by atoms with Crippen LogP contribution in [0.5, 0.6) is 0 Å². The van der Waals surface area contributed by atoms with Crippen LogP contribution in [-0.2, 0) is 29.9 Å². The molecule has 11 heteroatoms. The first-order valence-electron chi connectivity index (χ1n) is 14.0. The lowest BCUT2D eigenvalue weighted by atomic mass is 9.82. The minimum atomic E-state index is -3.71. The van der Waals surface area contributed by atoms with E-state index in [-0.39, 0.29) is 22.6 Å². The van der Waals surface area contributed by atoms with E-state index in [9.17, 15) is 27.9 Å².